The van der Waals surface area contributed by atoms with Gasteiger partial charge in [-0.2, -0.15) is 0 Å². The fraction of sp³-hybridized carbons (Fsp3) is 0.963. The summed E-state index contributed by atoms with van der Waals surface area (Å²) in [6.07, 6.45) is 11.1. The molecule has 0 spiro atoms. The molecular formula is C27H45N3O2. The Morgan fingerprint density at radius 2 is 1.81 bits per heavy atom. The number of azide groups is 1. The molecule has 0 radical (unpaired) electrons. The van der Waals surface area contributed by atoms with Gasteiger partial charge in [-0.1, -0.05) is 47.5 Å². The molecule has 5 heteroatoms. The maximum atomic E-state index is 11.8. The van der Waals surface area contributed by atoms with E-state index in [1.807, 2.05) is 0 Å². The third-order valence-corrected chi connectivity index (χ3v) is 11.4. The molecule has 0 saturated heterocycles. The summed E-state index contributed by atoms with van der Waals surface area (Å²) in [4.78, 5) is 14.4. The van der Waals surface area contributed by atoms with Gasteiger partial charge in [0.15, 0.2) is 0 Å². The molecule has 4 rings (SSSR count). The number of hydrogen-bond donors (Lipinski definition) is 1. The van der Waals surface area contributed by atoms with Crippen LogP contribution in [0.3, 0.4) is 0 Å². The third-order valence-electron chi connectivity index (χ3n) is 11.4. The van der Waals surface area contributed by atoms with Gasteiger partial charge in [0.25, 0.3) is 0 Å². The Hall–Kier alpha value is -1.06. The van der Waals surface area contributed by atoms with Gasteiger partial charge in [0.1, 0.15) is 0 Å². The van der Waals surface area contributed by atoms with Crippen LogP contribution in [0.4, 0.5) is 0 Å². The zero-order chi connectivity index (χ0) is 23.3. The second-order valence-corrected chi connectivity index (χ2v) is 12.7. The number of nitrogens with zero attached hydrogens (tertiary/aromatic N) is 3. The van der Waals surface area contributed by atoms with E-state index in [-0.39, 0.29) is 17.4 Å². The summed E-state index contributed by atoms with van der Waals surface area (Å²) in [7, 11) is 0. The van der Waals surface area contributed by atoms with E-state index in [1.165, 1.54) is 44.9 Å². The van der Waals surface area contributed by atoms with Crippen LogP contribution in [0.2, 0.25) is 0 Å². The van der Waals surface area contributed by atoms with Gasteiger partial charge in [-0.3, -0.25) is 4.79 Å². The average Bonchev–Trinajstić information content (AvgIpc) is 3.11. The molecule has 4 saturated carbocycles. The second kappa shape index (κ2) is 8.95. The minimum atomic E-state index is -0.332. The molecule has 4 aliphatic carbocycles. The van der Waals surface area contributed by atoms with Crippen LogP contribution < -0.4 is 0 Å². The van der Waals surface area contributed by atoms with Crippen molar-refractivity contribution in [3.05, 3.63) is 10.4 Å². The molecule has 0 aliphatic heterocycles. The zero-order valence-corrected chi connectivity index (χ0v) is 21.0. The van der Waals surface area contributed by atoms with E-state index >= 15 is 0 Å². The lowest BCUT2D eigenvalue weighted by atomic mass is 9.41. The van der Waals surface area contributed by atoms with Gasteiger partial charge in [-0.25, -0.2) is 0 Å². The SMILES string of the molecule is CC[C@@H]1C2C[C@H](C)CCC2(C)[C@H]2CCC3(C)C([C@H](C)CCC(=O)N=[N+]=[N-])CC[C@H]3[C@@H]2[C@@H]1O. The Balaban J connectivity index is 1.57. The van der Waals surface area contributed by atoms with Crippen LogP contribution in [-0.2, 0) is 4.79 Å². The van der Waals surface area contributed by atoms with Crippen molar-refractivity contribution in [1.29, 1.82) is 0 Å². The van der Waals surface area contributed by atoms with Crippen LogP contribution in [0.5, 0.6) is 0 Å². The minimum Gasteiger partial charge on any atom is -0.393 e. The Morgan fingerprint density at radius 1 is 1.12 bits per heavy atom. The number of carbonyl (C=O) groups is 1. The fourth-order valence-corrected chi connectivity index (χ4v) is 9.80. The highest BCUT2D eigenvalue weighted by molar-refractivity contribution is 5.76. The first-order valence-corrected chi connectivity index (χ1v) is 13.4. The zero-order valence-electron chi connectivity index (χ0n) is 21.0. The number of carbonyl (C=O) groups excluding carboxylic acids is 1. The number of fused-ring (bicyclic) bond motifs is 5. The molecule has 4 fully saturated rings. The molecule has 4 unspecified atom stereocenters. The van der Waals surface area contributed by atoms with E-state index in [0.29, 0.717) is 53.3 Å². The molecular weight excluding hydrogens is 398 g/mol. The first-order valence-electron chi connectivity index (χ1n) is 13.4. The lowest BCUT2D eigenvalue weighted by Gasteiger charge is -2.65. The lowest BCUT2D eigenvalue weighted by Crippen LogP contribution is -2.61. The molecule has 5 nitrogen and oxygen atoms in total. The van der Waals surface area contributed by atoms with E-state index in [1.54, 1.807) is 0 Å². The minimum absolute atomic E-state index is 0.154. The third kappa shape index (κ3) is 3.72. The molecule has 0 aromatic heterocycles. The highest BCUT2D eigenvalue weighted by Gasteiger charge is 2.64. The summed E-state index contributed by atoms with van der Waals surface area (Å²) in [5.41, 5.74) is 9.17. The average molecular weight is 444 g/mol. The summed E-state index contributed by atoms with van der Waals surface area (Å²) in [5, 5.41) is 15.1. The van der Waals surface area contributed by atoms with Gasteiger partial charge in [0.05, 0.1) is 6.10 Å². The lowest BCUT2D eigenvalue weighted by molar-refractivity contribution is -0.198. The Kier molecular flexibility index (Phi) is 6.73. The van der Waals surface area contributed by atoms with Crippen molar-refractivity contribution in [1.82, 2.24) is 0 Å². The van der Waals surface area contributed by atoms with Crippen LogP contribution in [0.15, 0.2) is 5.11 Å². The van der Waals surface area contributed by atoms with Gasteiger partial charge in [0, 0.05) is 11.3 Å². The van der Waals surface area contributed by atoms with Gasteiger partial charge in [-0.15, -0.1) is 0 Å². The number of hydrogen-bond acceptors (Lipinski definition) is 2. The number of amides is 1. The van der Waals surface area contributed by atoms with Crippen LogP contribution in [0, 0.1) is 58.2 Å². The van der Waals surface area contributed by atoms with Crippen LogP contribution in [-0.4, -0.2) is 17.1 Å². The quantitative estimate of drug-likeness (QED) is 0.278. The Bertz CT molecular complexity index is 764. The molecule has 11 atom stereocenters. The van der Waals surface area contributed by atoms with Crippen molar-refractivity contribution in [2.24, 2.45) is 63.3 Å². The number of aliphatic hydroxyl groups excluding tert-OH is 1. The highest BCUT2D eigenvalue weighted by atomic mass is 16.3. The van der Waals surface area contributed by atoms with Crippen molar-refractivity contribution >= 4 is 5.91 Å². The largest absolute Gasteiger partial charge is 0.393 e. The number of aliphatic hydroxyl groups is 1. The van der Waals surface area contributed by atoms with Crippen molar-refractivity contribution in [3.8, 4) is 0 Å². The predicted molar refractivity (Wildman–Crippen MR) is 127 cm³/mol. The molecule has 0 heterocycles. The van der Waals surface area contributed by atoms with E-state index in [2.05, 4.69) is 44.6 Å². The number of rotatable bonds is 5. The van der Waals surface area contributed by atoms with Crippen molar-refractivity contribution in [2.75, 3.05) is 0 Å². The first-order chi connectivity index (χ1) is 15.2. The standard InChI is InChI=1S/C27H45N3O2/c1-6-18-22-15-16(2)11-13-27(22,5)21-12-14-26(4)19(8-9-20(26)24(21)25(18)32)17(3)7-10-23(31)29-30-28/h16-22,24-25,32H,6-15H2,1-5H3/t16-,17-,18-,19?,20+,21+,22?,24+,25-,26?,27?/m1/s1. The summed E-state index contributed by atoms with van der Waals surface area (Å²) in [6.45, 7) is 12.1. The summed E-state index contributed by atoms with van der Waals surface area (Å²) in [6, 6.07) is 0. The fourth-order valence-electron chi connectivity index (χ4n) is 9.80. The van der Waals surface area contributed by atoms with E-state index in [9.17, 15) is 9.90 Å². The van der Waals surface area contributed by atoms with Crippen molar-refractivity contribution in [2.45, 2.75) is 105 Å². The molecule has 32 heavy (non-hydrogen) atoms. The maximum absolute atomic E-state index is 11.8. The molecule has 0 aromatic carbocycles. The van der Waals surface area contributed by atoms with E-state index in [4.69, 9.17) is 5.53 Å². The second-order valence-electron chi connectivity index (χ2n) is 12.7. The maximum Gasteiger partial charge on any atom is 0.218 e. The van der Waals surface area contributed by atoms with E-state index < -0.39 is 0 Å². The summed E-state index contributed by atoms with van der Waals surface area (Å²) >= 11 is 0. The molecule has 4 aliphatic rings. The normalized spacial score (nSPS) is 48.7. The molecule has 0 aromatic rings. The molecule has 0 bridgehead atoms. The van der Waals surface area contributed by atoms with Gasteiger partial charge in [0.2, 0.25) is 5.91 Å². The smallest absolute Gasteiger partial charge is 0.218 e. The Morgan fingerprint density at radius 3 is 2.50 bits per heavy atom. The topological polar surface area (TPSA) is 86.1 Å². The monoisotopic (exact) mass is 443 g/mol. The summed E-state index contributed by atoms with van der Waals surface area (Å²) < 4.78 is 0. The molecule has 1 N–H and O–H groups in total. The van der Waals surface area contributed by atoms with Gasteiger partial charge < -0.3 is 5.11 Å². The van der Waals surface area contributed by atoms with Crippen molar-refractivity contribution < 1.29 is 9.90 Å². The van der Waals surface area contributed by atoms with Gasteiger partial charge >= 0.3 is 0 Å². The predicted octanol–water partition coefficient (Wildman–Crippen LogP) is 7.14. The van der Waals surface area contributed by atoms with Crippen LogP contribution >= 0.6 is 0 Å². The molecule has 1 amide bonds. The highest BCUT2D eigenvalue weighted by Crippen LogP contribution is 2.69. The van der Waals surface area contributed by atoms with Gasteiger partial charge in [-0.05, 0) is 114 Å². The van der Waals surface area contributed by atoms with E-state index in [0.717, 1.165) is 18.8 Å². The van der Waals surface area contributed by atoms with Crippen LogP contribution in [0.25, 0.3) is 10.4 Å². The summed E-state index contributed by atoms with van der Waals surface area (Å²) in [5.74, 6) is 4.34. The van der Waals surface area contributed by atoms with Crippen molar-refractivity contribution in [3.63, 3.8) is 0 Å². The Labute approximate surface area is 194 Å². The molecule has 180 valence electrons. The first kappa shape index (κ1) is 24.1. The van der Waals surface area contributed by atoms with Crippen LogP contribution in [0.1, 0.15) is 98.8 Å².